The second-order valence-electron chi connectivity index (χ2n) is 3.59. The molecule has 0 saturated carbocycles. The Hall–Kier alpha value is -1.03. The molecule has 1 heterocycles. The highest BCUT2D eigenvalue weighted by Gasteiger charge is 2.12. The van der Waals surface area contributed by atoms with E-state index in [1.54, 1.807) is 11.8 Å². The van der Waals surface area contributed by atoms with E-state index in [1.165, 1.54) is 5.56 Å². The minimum Gasteiger partial charge on any atom is -0.387 e. The van der Waals surface area contributed by atoms with Crippen LogP contribution in [-0.4, -0.2) is 16.1 Å². The average Bonchev–Trinajstić information content (AvgIpc) is 2.12. The molecular weight excluding hydrogens is 206 g/mol. The van der Waals surface area contributed by atoms with Gasteiger partial charge < -0.3 is 5.73 Å². The van der Waals surface area contributed by atoms with Crippen LogP contribution in [0.2, 0.25) is 0 Å². The van der Waals surface area contributed by atoms with Crippen LogP contribution in [0.1, 0.15) is 24.6 Å². The Labute approximate surface area is 95.0 Å². The zero-order chi connectivity index (χ0) is 11.4. The van der Waals surface area contributed by atoms with Crippen molar-refractivity contribution in [3.05, 3.63) is 23.4 Å². The van der Waals surface area contributed by atoms with E-state index in [0.717, 1.165) is 17.1 Å². The van der Waals surface area contributed by atoms with Crippen LogP contribution in [0, 0.1) is 19.3 Å². The lowest BCUT2D eigenvalue weighted by molar-refractivity contribution is 0.976. The molecule has 82 valence electrons. The molecule has 0 saturated heterocycles. The van der Waals surface area contributed by atoms with Crippen molar-refractivity contribution in [1.82, 2.24) is 4.98 Å². The summed E-state index contributed by atoms with van der Waals surface area (Å²) in [5.41, 5.74) is 7.71. The summed E-state index contributed by atoms with van der Waals surface area (Å²) in [5.74, 6) is 0.225. The molecule has 0 radical (unpaired) electrons. The number of rotatable bonds is 4. The number of nitrogens with one attached hydrogen (secondary N) is 1. The van der Waals surface area contributed by atoms with Crippen LogP contribution in [0.25, 0.3) is 0 Å². The Morgan fingerprint density at radius 3 is 2.67 bits per heavy atom. The Balaban J connectivity index is 2.83. The molecule has 1 atom stereocenters. The van der Waals surface area contributed by atoms with Gasteiger partial charge in [0.15, 0.2) is 0 Å². The molecule has 1 aromatic rings. The molecule has 1 aromatic heterocycles. The van der Waals surface area contributed by atoms with Gasteiger partial charge in [-0.1, -0.05) is 18.7 Å². The van der Waals surface area contributed by atoms with E-state index in [0.29, 0.717) is 0 Å². The number of nitrogens with two attached hydrogens (primary N) is 1. The molecule has 1 unspecified atom stereocenters. The molecule has 15 heavy (non-hydrogen) atoms. The van der Waals surface area contributed by atoms with Crippen molar-refractivity contribution in [3.8, 4) is 0 Å². The van der Waals surface area contributed by atoms with Gasteiger partial charge in [0, 0.05) is 5.69 Å². The maximum absolute atomic E-state index is 7.44. The van der Waals surface area contributed by atoms with Crippen LogP contribution < -0.4 is 5.73 Å². The molecule has 0 aliphatic heterocycles. The second-order valence-corrected chi connectivity index (χ2v) is 4.82. The first-order valence-corrected chi connectivity index (χ1v) is 5.86. The van der Waals surface area contributed by atoms with Gasteiger partial charge in [0.2, 0.25) is 0 Å². The summed E-state index contributed by atoms with van der Waals surface area (Å²) in [7, 11) is 0. The van der Waals surface area contributed by atoms with Gasteiger partial charge in [0.05, 0.1) is 10.3 Å². The summed E-state index contributed by atoms with van der Waals surface area (Å²) in [6.45, 7) is 6.06. The Morgan fingerprint density at radius 2 is 2.20 bits per heavy atom. The molecule has 0 spiro atoms. The predicted octanol–water partition coefficient (Wildman–Crippen LogP) is 2.51. The number of nitrogens with zero attached hydrogens (tertiary/aromatic N) is 1. The quantitative estimate of drug-likeness (QED) is 0.468. The number of hydrogen-bond acceptors (Lipinski definition) is 3. The van der Waals surface area contributed by atoms with Crippen LogP contribution in [-0.2, 0) is 0 Å². The van der Waals surface area contributed by atoms with Gasteiger partial charge >= 0.3 is 0 Å². The highest BCUT2D eigenvalue weighted by molar-refractivity contribution is 8.00. The van der Waals surface area contributed by atoms with Gasteiger partial charge in [-0.05, 0) is 38.0 Å². The Kier molecular flexibility index (Phi) is 4.15. The van der Waals surface area contributed by atoms with E-state index in [4.69, 9.17) is 11.1 Å². The molecule has 0 amide bonds. The topological polar surface area (TPSA) is 62.8 Å². The Morgan fingerprint density at radius 1 is 1.53 bits per heavy atom. The molecule has 0 aliphatic carbocycles. The van der Waals surface area contributed by atoms with Crippen molar-refractivity contribution < 1.29 is 0 Å². The van der Waals surface area contributed by atoms with Crippen molar-refractivity contribution in [2.45, 2.75) is 37.5 Å². The predicted molar refractivity (Wildman–Crippen MR) is 65.6 cm³/mol. The second kappa shape index (κ2) is 5.16. The first-order chi connectivity index (χ1) is 7.02. The maximum Gasteiger partial charge on any atom is 0.104 e. The minimum atomic E-state index is 0.0405. The van der Waals surface area contributed by atoms with E-state index in [9.17, 15) is 0 Å². The fraction of sp³-hybridized carbons (Fsp3) is 0.455. The van der Waals surface area contributed by atoms with Crippen molar-refractivity contribution in [3.63, 3.8) is 0 Å². The third kappa shape index (κ3) is 3.55. The SMILES string of the molecule is CCC(Sc1cc(C)cc(C)n1)C(=N)N. The molecule has 3 nitrogen and oxygen atoms in total. The summed E-state index contributed by atoms with van der Waals surface area (Å²) in [6, 6.07) is 4.07. The third-order valence-corrected chi connectivity index (χ3v) is 3.38. The molecule has 0 fully saturated rings. The highest BCUT2D eigenvalue weighted by Crippen LogP contribution is 2.24. The van der Waals surface area contributed by atoms with Gasteiger partial charge in [-0.15, -0.1) is 0 Å². The van der Waals surface area contributed by atoms with Crippen LogP contribution in [0.15, 0.2) is 17.2 Å². The van der Waals surface area contributed by atoms with E-state index in [1.807, 2.05) is 32.9 Å². The fourth-order valence-electron chi connectivity index (χ4n) is 1.38. The lowest BCUT2D eigenvalue weighted by Crippen LogP contribution is -2.24. The largest absolute Gasteiger partial charge is 0.387 e. The molecular formula is C11H17N3S. The van der Waals surface area contributed by atoms with Crippen LogP contribution in [0.4, 0.5) is 0 Å². The molecule has 0 bridgehead atoms. The van der Waals surface area contributed by atoms with Crippen molar-refractivity contribution in [2.24, 2.45) is 5.73 Å². The first-order valence-electron chi connectivity index (χ1n) is 4.98. The monoisotopic (exact) mass is 223 g/mol. The Bertz CT molecular complexity index is 343. The minimum absolute atomic E-state index is 0.0405. The molecule has 4 heteroatoms. The molecule has 1 rings (SSSR count). The van der Waals surface area contributed by atoms with Crippen molar-refractivity contribution in [1.29, 1.82) is 5.41 Å². The number of hydrogen-bond donors (Lipinski definition) is 2. The summed E-state index contributed by atoms with van der Waals surface area (Å²) in [4.78, 5) is 4.41. The lowest BCUT2D eigenvalue weighted by atomic mass is 10.3. The molecule has 0 aromatic carbocycles. The first kappa shape index (κ1) is 12.0. The fourth-order valence-corrected chi connectivity index (χ4v) is 2.41. The number of aromatic nitrogens is 1. The zero-order valence-electron chi connectivity index (χ0n) is 9.37. The maximum atomic E-state index is 7.44. The summed E-state index contributed by atoms with van der Waals surface area (Å²) in [5, 5.41) is 8.43. The van der Waals surface area contributed by atoms with Crippen LogP contribution in [0.5, 0.6) is 0 Å². The smallest absolute Gasteiger partial charge is 0.104 e. The normalized spacial score (nSPS) is 12.5. The van der Waals surface area contributed by atoms with Gasteiger partial charge in [0.1, 0.15) is 5.84 Å². The van der Waals surface area contributed by atoms with Gasteiger partial charge in [0.25, 0.3) is 0 Å². The number of aryl methyl sites for hydroxylation is 2. The summed E-state index contributed by atoms with van der Waals surface area (Å²) < 4.78 is 0. The summed E-state index contributed by atoms with van der Waals surface area (Å²) >= 11 is 1.56. The van der Waals surface area contributed by atoms with Crippen LogP contribution >= 0.6 is 11.8 Å². The number of thioether (sulfide) groups is 1. The van der Waals surface area contributed by atoms with Crippen LogP contribution in [0.3, 0.4) is 0 Å². The number of amidine groups is 1. The number of pyridine rings is 1. The highest BCUT2D eigenvalue weighted by atomic mass is 32.2. The van der Waals surface area contributed by atoms with E-state index >= 15 is 0 Å². The lowest BCUT2D eigenvalue weighted by Gasteiger charge is -2.12. The van der Waals surface area contributed by atoms with E-state index < -0.39 is 0 Å². The van der Waals surface area contributed by atoms with E-state index in [2.05, 4.69) is 4.98 Å². The standard InChI is InChI=1S/C11H17N3S/c1-4-9(11(12)13)15-10-6-7(2)5-8(3)14-10/h5-6,9H,4H2,1-3H3,(H3,12,13). The molecule has 0 aliphatic rings. The van der Waals surface area contributed by atoms with E-state index in [-0.39, 0.29) is 11.1 Å². The summed E-state index contributed by atoms with van der Waals surface area (Å²) in [6.07, 6.45) is 0.856. The third-order valence-electron chi connectivity index (χ3n) is 2.05. The van der Waals surface area contributed by atoms with Crippen molar-refractivity contribution in [2.75, 3.05) is 0 Å². The zero-order valence-corrected chi connectivity index (χ0v) is 10.2. The molecule has 3 N–H and O–H groups in total. The average molecular weight is 223 g/mol. The van der Waals surface area contributed by atoms with Gasteiger partial charge in [-0.3, -0.25) is 5.41 Å². The van der Waals surface area contributed by atoms with Gasteiger partial charge in [-0.25, -0.2) is 4.98 Å². The van der Waals surface area contributed by atoms with Crippen molar-refractivity contribution >= 4 is 17.6 Å². The van der Waals surface area contributed by atoms with Gasteiger partial charge in [-0.2, -0.15) is 0 Å².